The molecule has 2 nitrogen and oxygen atoms in total. The molecule has 8 heavy (non-hydrogen) atoms. The highest BCUT2D eigenvalue weighted by Gasteiger charge is 2.09. The van der Waals surface area contributed by atoms with E-state index in [1.165, 1.54) is 0 Å². The lowest BCUT2D eigenvalue weighted by Gasteiger charge is -2.21. The van der Waals surface area contributed by atoms with Gasteiger partial charge in [0.25, 0.3) is 0 Å². The summed E-state index contributed by atoms with van der Waals surface area (Å²) in [5.74, 6) is 0.324. The minimum Gasteiger partial charge on any atom is -0.378 e. The van der Waals surface area contributed by atoms with E-state index >= 15 is 0 Å². The molecule has 0 saturated carbocycles. The summed E-state index contributed by atoms with van der Waals surface area (Å²) in [5.41, 5.74) is 0. The van der Waals surface area contributed by atoms with Crippen molar-refractivity contribution < 1.29 is 5.11 Å². The van der Waals surface area contributed by atoms with Crippen LogP contribution in [0.15, 0.2) is 0 Å². The van der Waals surface area contributed by atoms with E-state index in [9.17, 15) is 0 Å². The van der Waals surface area contributed by atoms with Crippen LogP contribution in [-0.4, -0.2) is 30.3 Å². The van der Waals surface area contributed by atoms with Gasteiger partial charge in [-0.25, -0.2) is 0 Å². The molecule has 0 radical (unpaired) electrons. The maximum Gasteiger partial charge on any atom is 0.109 e. The number of nitrogens with zero attached hydrogens (tertiary/aromatic N) is 1. The lowest BCUT2D eigenvalue weighted by molar-refractivity contribution is 0.00246. The Balaban J connectivity index is 3.46. The van der Waals surface area contributed by atoms with Crippen LogP contribution >= 0.6 is 0 Å². The summed E-state index contributed by atoms with van der Waals surface area (Å²) >= 11 is 0. The molecule has 0 heterocycles. The van der Waals surface area contributed by atoms with Gasteiger partial charge in [0, 0.05) is 0 Å². The molecular formula is C6H15NO. The number of hydrogen-bond donors (Lipinski definition) is 1. The Labute approximate surface area is 51.1 Å². The van der Waals surface area contributed by atoms with Crippen LogP contribution in [0.3, 0.4) is 0 Å². The van der Waals surface area contributed by atoms with Crippen molar-refractivity contribution in [2.24, 2.45) is 5.92 Å². The van der Waals surface area contributed by atoms with Crippen molar-refractivity contribution in [1.29, 1.82) is 0 Å². The van der Waals surface area contributed by atoms with E-state index in [1.54, 1.807) is 4.90 Å². The summed E-state index contributed by atoms with van der Waals surface area (Å²) in [4.78, 5) is 1.80. The van der Waals surface area contributed by atoms with E-state index < -0.39 is 0 Å². The van der Waals surface area contributed by atoms with E-state index in [1.807, 2.05) is 27.9 Å². The monoisotopic (exact) mass is 117 g/mol. The Kier molecular flexibility index (Phi) is 3.02. The molecule has 1 atom stereocenters. The second-order valence-electron chi connectivity index (χ2n) is 2.62. The standard InChI is InChI=1S/C6H15NO/c1-5(2)6(8)7(3)4/h5-6,8H,1-4H3/t6-/m0/s1. The van der Waals surface area contributed by atoms with Crippen molar-refractivity contribution in [3.8, 4) is 0 Å². The first-order chi connectivity index (χ1) is 3.55. The average Bonchev–Trinajstić information content (AvgIpc) is 1.64. The van der Waals surface area contributed by atoms with Gasteiger partial charge in [0.2, 0.25) is 0 Å². The fraction of sp³-hybridized carbons (Fsp3) is 1.00. The van der Waals surface area contributed by atoms with Crippen molar-refractivity contribution in [3.05, 3.63) is 0 Å². The van der Waals surface area contributed by atoms with Crippen LogP contribution in [0, 0.1) is 5.92 Å². The number of aliphatic hydroxyl groups is 1. The van der Waals surface area contributed by atoms with Crippen molar-refractivity contribution in [3.63, 3.8) is 0 Å². The molecule has 0 fully saturated rings. The highest BCUT2D eigenvalue weighted by molar-refractivity contribution is 4.54. The first-order valence-electron chi connectivity index (χ1n) is 2.90. The molecule has 0 spiro atoms. The molecule has 0 amide bonds. The molecule has 0 unspecified atom stereocenters. The quantitative estimate of drug-likeness (QED) is 0.533. The zero-order valence-electron chi connectivity index (χ0n) is 6.05. The Bertz CT molecular complexity index is 53.5. The lowest BCUT2D eigenvalue weighted by atomic mass is 10.2. The van der Waals surface area contributed by atoms with Crippen LogP contribution in [0.2, 0.25) is 0 Å². The van der Waals surface area contributed by atoms with Crippen LogP contribution < -0.4 is 0 Å². The van der Waals surface area contributed by atoms with Crippen molar-refractivity contribution >= 4 is 0 Å². The number of rotatable bonds is 2. The normalized spacial score (nSPS) is 15.4. The van der Waals surface area contributed by atoms with E-state index in [4.69, 9.17) is 5.11 Å². The molecule has 0 saturated heterocycles. The number of hydrogen-bond acceptors (Lipinski definition) is 2. The van der Waals surface area contributed by atoms with E-state index in [0.29, 0.717) is 5.92 Å². The van der Waals surface area contributed by atoms with Gasteiger partial charge in [-0.1, -0.05) is 13.8 Å². The third-order valence-electron chi connectivity index (χ3n) is 1.13. The molecule has 0 rings (SSSR count). The zero-order valence-corrected chi connectivity index (χ0v) is 6.05. The van der Waals surface area contributed by atoms with E-state index in [-0.39, 0.29) is 6.23 Å². The third-order valence-corrected chi connectivity index (χ3v) is 1.13. The summed E-state index contributed by atoms with van der Waals surface area (Å²) in [7, 11) is 3.73. The second-order valence-corrected chi connectivity index (χ2v) is 2.62. The molecule has 50 valence electrons. The lowest BCUT2D eigenvalue weighted by Crippen LogP contribution is -2.31. The van der Waals surface area contributed by atoms with Gasteiger partial charge in [-0.3, -0.25) is 4.90 Å². The molecule has 0 aromatic carbocycles. The fourth-order valence-corrected chi connectivity index (χ4v) is 0.596. The number of aliphatic hydroxyl groups excluding tert-OH is 1. The summed E-state index contributed by atoms with van der Waals surface area (Å²) in [5, 5.41) is 9.13. The molecular weight excluding hydrogens is 102 g/mol. The first kappa shape index (κ1) is 7.92. The van der Waals surface area contributed by atoms with Crippen LogP contribution in [0.25, 0.3) is 0 Å². The molecule has 0 aliphatic rings. The molecule has 0 aromatic rings. The van der Waals surface area contributed by atoms with Crippen LogP contribution in [0.5, 0.6) is 0 Å². The minimum atomic E-state index is -0.296. The topological polar surface area (TPSA) is 23.5 Å². The summed E-state index contributed by atoms with van der Waals surface area (Å²) in [6.45, 7) is 3.98. The van der Waals surface area contributed by atoms with Crippen molar-refractivity contribution in [2.45, 2.75) is 20.1 Å². The van der Waals surface area contributed by atoms with Gasteiger partial charge in [0.05, 0.1) is 0 Å². The first-order valence-corrected chi connectivity index (χ1v) is 2.90. The second kappa shape index (κ2) is 3.05. The Morgan fingerprint density at radius 2 is 1.62 bits per heavy atom. The van der Waals surface area contributed by atoms with Gasteiger partial charge in [0.1, 0.15) is 6.23 Å². The predicted octanol–water partition coefficient (Wildman–Crippen LogP) is 0.522. The van der Waals surface area contributed by atoms with Gasteiger partial charge in [-0.2, -0.15) is 0 Å². The zero-order chi connectivity index (χ0) is 6.73. The largest absolute Gasteiger partial charge is 0.378 e. The van der Waals surface area contributed by atoms with E-state index in [2.05, 4.69) is 0 Å². The third kappa shape index (κ3) is 2.28. The van der Waals surface area contributed by atoms with Crippen LogP contribution in [0.4, 0.5) is 0 Å². The Hall–Kier alpha value is -0.0800. The molecule has 2 heteroatoms. The van der Waals surface area contributed by atoms with Gasteiger partial charge in [0.15, 0.2) is 0 Å². The SMILES string of the molecule is CC(C)[C@H](O)N(C)C. The highest BCUT2D eigenvalue weighted by Crippen LogP contribution is 2.01. The summed E-state index contributed by atoms with van der Waals surface area (Å²) in [6, 6.07) is 0. The Morgan fingerprint density at radius 1 is 1.25 bits per heavy atom. The molecule has 0 aliphatic carbocycles. The summed E-state index contributed by atoms with van der Waals surface area (Å²) < 4.78 is 0. The van der Waals surface area contributed by atoms with Gasteiger partial charge in [-0.05, 0) is 20.0 Å². The van der Waals surface area contributed by atoms with E-state index in [0.717, 1.165) is 0 Å². The smallest absolute Gasteiger partial charge is 0.109 e. The molecule has 1 N–H and O–H groups in total. The summed E-state index contributed by atoms with van der Waals surface area (Å²) in [6.07, 6.45) is -0.296. The van der Waals surface area contributed by atoms with Gasteiger partial charge in [-0.15, -0.1) is 0 Å². The maximum atomic E-state index is 9.13. The highest BCUT2D eigenvalue weighted by atomic mass is 16.3. The van der Waals surface area contributed by atoms with Crippen LogP contribution in [0.1, 0.15) is 13.8 Å². The maximum absolute atomic E-state index is 9.13. The average molecular weight is 117 g/mol. The van der Waals surface area contributed by atoms with Crippen LogP contribution in [-0.2, 0) is 0 Å². The predicted molar refractivity (Wildman–Crippen MR) is 34.5 cm³/mol. The fourth-order valence-electron chi connectivity index (χ4n) is 0.596. The van der Waals surface area contributed by atoms with Crippen molar-refractivity contribution in [1.82, 2.24) is 4.90 Å². The van der Waals surface area contributed by atoms with Gasteiger partial charge >= 0.3 is 0 Å². The Morgan fingerprint density at radius 3 is 1.62 bits per heavy atom. The minimum absolute atomic E-state index is 0.296. The molecule has 0 bridgehead atoms. The molecule has 0 aliphatic heterocycles. The van der Waals surface area contributed by atoms with Gasteiger partial charge < -0.3 is 5.11 Å². The van der Waals surface area contributed by atoms with Crippen molar-refractivity contribution in [2.75, 3.05) is 14.1 Å². The molecule has 0 aromatic heterocycles.